The fourth-order valence-electron chi connectivity index (χ4n) is 6.09. The van der Waals surface area contributed by atoms with Crippen LogP contribution in [-0.2, 0) is 35.5 Å². The predicted octanol–water partition coefficient (Wildman–Crippen LogP) is 0.878. The van der Waals surface area contributed by atoms with Crippen molar-refractivity contribution in [2.45, 2.75) is 54.8 Å². The van der Waals surface area contributed by atoms with Gasteiger partial charge in [0.2, 0.25) is 15.9 Å². The molecule has 2 atom stereocenters. The van der Waals surface area contributed by atoms with E-state index in [1.165, 1.54) is 6.07 Å². The number of hydrogen-bond acceptors (Lipinski definition) is 8. The van der Waals surface area contributed by atoms with Gasteiger partial charge in [-0.3, -0.25) is 19.1 Å². The Hall–Kier alpha value is -3.26. The van der Waals surface area contributed by atoms with Crippen LogP contribution < -0.4 is 10.1 Å². The Morgan fingerprint density at radius 2 is 1.82 bits per heavy atom. The van der Waals surface area contributed by atoms with Crippen LogP contribution in [-0.4, -0.2) is 92.1 Å². The summed E-state index contributed by atoms with van der Waals surface area (Å²) >= 11 is 0. The number of fused-ring (bicyclic) bond motifs is 2. The van der Waals surface area contributed by atoms with Gasteiger partial charge in [0.25, 0.3) is 0 Å². The number of hydrogen-bond donors (Lipinski definition) is 2. The molecule has 0 radical (unpaired) electrons. The van der Waals surface area contributed by atoms with Gasteiger partial charge in [-0.05, 0) is 30.5 Å². The first-order valence-corrected chi connectivity index (χ1v) is 15.0. The summed E-state index contributed by atoms with van der Waals surface area (Å²) in [6.45, 7) is 2.42. The molecule has 5 heterocycles. The maximum absolute atomic E-state index is 13.9. The van der Waals surface area contributed by atoms with E-state index in [-0.39, 0.29) is 36.1 Å². The molecule has 2 fully saturated rings. The number of aromatic nitrogens is 4. The summed E-state index contributed by atoms with van der Waals surface area (Å²) in [5.74, 6) is -0.128. The molecule has 1 amide bonds. The van der Waals surface area contributed by atoms with Crippen molar-refractivity contribution in [1.29, 1.82) is 0 Å². The van der Waals surface area contributed by atoms with E-state index in [9.17, 15) is 18.3 Å². The average Bonchev–Trinajstić information content (AvgIpc) is 3.65. The summed E-state index contributed by atoms with van der Waals surface area (Å²) in [6, 6.07) is 3.98. The molecule has 2 N–H and O–H groups in total. The van der Waals surface area contributed by atoms with E-state index >= 15 is 0 Å². The molecule has 0 bridgehead atoms. The van der Waals surface area contributed by atoms with E-state index in [2.05, 4.69) is 20.4 Å². The molecule has 214 valence electrons. The number of carbonyl (C=O) groups excluding carboxylic acids is 1. The van der Waals surface area contributed by atoms with Gasteiger partial charge in [0, 0.05) is 82.2 Å². The Labute approximate surface area is 233 Å². The number of carbonyl (C=O) groups is 1. The van der Waals surface area contributed by atoms with Crippen molar-refractivity contribution in [2.24, 2.45) is 14.1 Å². The van der Waals surface area contributed by atoms with Gasteiger partial charge >= 0.3 is 0 Å². The van der Waals surface area contributed by atoms with Gasteiger partial charge in [-0.2, -0.15) is 14.5 Å². The second-order valence-corrected chi connectivity index (χ2v) is 13.1. The second-order valence-electron chi connectivity index (χ2n) is 11.2. The molecular weight excluding hydrogens is 534 g/mol. The Morgan fingerprint density at radius 1 is 1.07 bits per heavy atom. The van der Waals surface area contributed by atoms with Crippen LogP contribution >= 0.6 is 0 Å². The van der Waals surface area contributed by atoms with Gasteiger partial charge in [-0.1, -0.05) is 6.07 Å². The van der Waals surface area contributed by atoms with Crippen molar-refractivity contribution in [3.63, 3.8) is 0 Å². The number of aryl methyl sites for hydroxylation is 2. The Balaban J connectivity index is 1.31. The Bertz CT molecular complexity index is 1510. The van der Waals surface area contributed by atoms with Crippen molar-refractivity contribution in [2.75, 3.05) is 26.2 Å². The summed E-state index contributed by atoms with van der Waals surface area (Å²) in [6.07, 6.45) is 8.50. The third-order valence-electron chi connectivity index (χ3n) is 8.31. The van der Waals surface area contributed by atoms with Crippen LogP contribution in [0.4, 0.5) is 0 Å². The van der Waals surface area contributed by atoms with Crippen LogP contribution in [0.1, 0.15) is 31.2 Å². The fourth-order valence-corrected chi connectivity index (χ4v) is 7.84. The van der Waals surface area contributed by atoms with Crippen molar-refractivity contribution in [3.8, 4) is 16.9 Å². The largest absolute Gasteiger partial charge is 0.492 e. The Morgan fingerprint density at radius 3 is 2.52 bits per heavy atom. The maximum atomic E-state index is 13.9. The van der Waals surface area contributed by atoms with Crippen molar-refractivity contribution in [3.05, 3.63) is 48.5 Å². The molecule has 3 aliphatic rings. The highest BCUT2D eigenvalue weighted by molar-refractivity contribution is 7.89. The van der Waals surface area contributed by atoms with Crippen LogP contribution in [0, 0.1) is 0 Å². The highest BCUT2D eigenvalue weighted by Gasteiger charge is 2.47. The first-order valence-electron chi connectivity index (χ1n) is 13.6. The monoisotopic (exact) mass is 569 g/mol. The summed E-state index contributed by atoms with van der Waals surface area (Å²) in [5.41, 5.74) is 2.21. The number of nitrogens with one attached hydrogen (secondary N) is 1. The van der Waals surface area contributed by atoms with Crippen LogP contribution in [0.2, 0.25) is 0 Å². The minimum atomic E-state index is -4.13. The zero-order valence-corrected chi connectivity index (χ0v) is 23.5. The third-order valence-corrected chi connectivity index (χ3v) is 10.2. The molecule has 2 saturated heterocycles. The maximum Gasteiger partial charge on any atom is 0.247 e. The molecule has 0 unspecified atom stereocenters. The highest BCUT2D eigenvalue weighted by Crippen LogP contribution is 2.37. The summed E-state index contributed by atoms with van der Waals surface area (Å²) in [4.78, 5) is 16.0. The summed E-state index contributed by atoms with van der Waals surface area (Å²) in [5, 5.41) is 22.2. The van der Waals surface area contributed by atoms with Crippen molar-refractivity contribution < 1.29 is 23.1 Å². The number of piperidine rings is 1. The fraction of sp³-hybridized carbons (Fsp3) is 0.519. The SMILES string of the molecule is Cn1cc(CN2CCC3(CCOc4cc(-c5cnn(C)c5)ccc4S(=O)(=O)N4C[C@H](O)C[C@H]4C(=O)N3)CC2)cn1. The van der Waals surface area contributed by atoms with E-state index < -0.39 is 27.7 Å². The number of likely N-dealkylation sites (tertiary alicyclic amines) is 1. The van der Waals surface area contributed by atoms with Gasteiger partial charge in [-0.25, -0.2) is 8.42 Å². The molecule has 0 saturated carbocycles. The third kappa shape index (κ3) is 5.14. The zero-order chi connectivity index (χ0) is 28.1. The molecule has 40 heavy (non-hydrogen) atoms. The lowest BCUT2D eigenvalue weighted by molar-refractivity contribution is -0.127. The molecule has 3 aromatic rings. The van der Waals surface area contributed by atoms with Gasteiger partial charge in [0.05, 0.1) is 25.1 Å². The van der Waals surface area contributed by atoms with Gasteiger partial charge in [-0.15, -0.1) is 0 Å². The van der Waals surface area contributed by atoms with Crippen molar-refractivity contribution in [1.82, 2.24) is 34.1 Å². The number of amides is 1. The minimum Gasteiger partial charge on any atom is -0.492 e. The first-order chi connectivity index (χ1) is 19.1. The molecule has 1 aromatic carbocycles. The normalized spacial score (nSPS) is 25.0. The van der Waals surface area contributed by atoms with Gasteiger partial charge < -0.3 is 15.2 Å². The van der Waals surface area contributed by atoms with E-state index in [1.807, 2.05) is 32.7 Å². The number of aliphatic hydroxyl groups is 1. The molecular formula is C27H35N7O5S. The number of rotatable bonds is 3. The number of benzene rings is 1. The summed E-state index contributed by atoms with van der Waals surface area (Å²) < 4.78 is 38.6. The van der Waals surface area contributed by atoms with E-state index in [4.69, 9.17) is 4.74 Å². The molecule has 0 aliphatic carbocycles. The molecule has 12 nitrogen and oxygen atoms in total. The predicted molar refractivity (Wildman–Crippen MR) is 146 cm³/mol. The van der Waals surface area contributed by atoms with Crippen LogP contribution in [0.15, 0.2) is 47.9 Å². The van der Waals surface area contributed by atoms with E-state index in [0.29, 0.717) is 19.3 Å². The van der Waals surface area contributed by atoms with Crippen LogP contribution in [0.25, 0.3) is 11.1 Å². The smallest absolute Gasteiger partial charge is 0.247 e. The van der Waals surface area contributed by atoms with E-state index in [1.54, 1.807) is 27.7 Å². The van der Waals surface area contributed by atoms with Crippen LogP contribution in [0.5, 0.6) is 5.75 Å². The number of ether oxygens (including phenoxy) is 1. The van der Waals surface area contributed by atoms with Gasteiger partial charge in [0.15, 0.2) is 0 Å². The summed E-state index contributed by atoms with van der Waals surface area (Å²) in [7, 11) is -0.412. The molecule has 3 aliphatic heterocycles. The lowest BCUT2D eigenvalue weighted by Crippen LogP contribution is -2.59. The molecule has 2 aromatic heterocycles. The zero-order valence-electron chi connectivity index (χ0n) is 22.7. The van der Waals surface area contributed by atoms with Crippen molar-refractivity contribution >= 4 is 15.9 Å². The first kappa shape index (κ1) is 26.9. The minimum absolute atomic E-state index is 0.00530. The highest BCUT2D eigenvalue weighted by atomic mass is 32.2. The van der Waals surface area contributed by atoms with Gasteiger partial charge in [0.1, 0.15) is 16.7 Å². The van der Waals surface area contributed by atoms with Crippen LogP contribution in [0.3, 0.4) is 0 Å². The number of aliphatic hydroxyl groups excluding tert-OH is 1. The quantitative estimate of drug-likeness (QED) is 0.475. The average molecular weight is 570 g/mol. The topological polar surface area (TPSA) is 135 Å². The number of nitrogens with zero attached hydrogens (tertiary/aromatic N) is 6. The Kier molecular flexibility index (Phi) is 6.93. The lowest BCUT2D eigenvalue weighted by Gasteiger charge is -2.43. The molecule has 1 spiro atoms. The molecule has 13 heteroatoms. The molecule has 6 rings (SSSR count). The number of sulfonamides is 1. The second kappa shape index (κ2) is 10.3. The standard InChI is InChI=1S/C27H35N7O5S/c1-31-15-19(13-28-31)16-33-8-5-27(6-9-33)7-10-39-24-11-20(21-14-29-32(2)17-21)3-4-25(24)40(37,38)34-18-22(35)12-23(34)26(36)30-27/h3-4,11,13-15,17,22-23,35H,5-10,12,16,18H2,1-2H3,(H,30,36)/t22-,23+/m1/s1. The van der Waals surface area contributed by atoms with E-state index in [0.717, 1.165) is 40.6 Å². The lowest BCUT2D eigenvalue weighted by atomic mass is 9.84.